The van der Waals surface area contributed by atoms with Gasteiger partial charge < -0.3 is 8.98 Å². The van der Waals surface area contributed by atoms with E-state index in [-0.39, 0.29) is 0 Å². The molecular weight excluding hydrogens is 875 g/mol. The molecule has 70 heavy (non-hydrogen) atoms. The van der Waals surface area contributed by atoms with Gasteiger partial charge in [0.2, 0.25) is 5.95 Å². The Bertz CT molecular complexity index is 4140. The minimum absolute atomic E-state index is 0.530. The van der Waals surface area contributed by atoms with Crippen molar-refractivity contribution in [3.05, 3.63) is 249 Å². The fraction of sp³-hybridized carbons (Fsp3) is 0. The highest BCUT2D eigenvalue weighted by molar-refractivity contribution is 8.34. The maximum Gasteiger partial charge on any atom is 0.238 e. The summed E-state index contributed by atoms with van der Waals surface area (Å²) >= 11 is 0. The quantitative estimate of drug-likeness (QED) is 0.152. The molecule has 330 valence electrons. The van der Waals surface area contributed by atoms with Crippen LogP contribution < -0.4 is 0 Å². The van der Waals surface area contributed by atoms with Crippen LogP contribution in [0.15, 0.2) is 273 Å². The van der Waals surface area contributed by atoms with Crippen molar-refractivity contribution < 1.29 is 4.42 Å². The summed E-state index contributed by atoms with van der Waals surface area (Å²) in [6.07, 6.45) is 0. The fourth-order valence-corrected chi connectivity index (χ4v) is 14.6. The maximum absolute atomic E-state index is 6.42. The predicted molar refractivity (Wildman–Crippen MR) is 287 cm³/mol. The first kappa shape index (κ1) is 40.1. The van der Waals surface area contributed by atoms with Crippen molar-refractivity contribution in [2.24, 2.45) is 0 Å². The lowest BCUT2D eigenvalue weighted by Gasteiger charge is -2.42. The Hall–Kier alpha value is -9.04. The number of para-hydroxylation sites is 4. The summed E-state index contributed by atoms with van der Waals surface area (Å²) in [6, 6.07) is 88.6. The number of hydrogen-bond acceptors (Lipinski definition) is 4. The molecule has 7 heteroatoms. The van der Waals surface area contributed by atoms with E-state index >= 15 is 0 Å². The van der Waals surface area contributed by atoms with E-state index in [1.54, 1.807) is 0 Å². The summed E-state index contributed by atoms with van der Waals surface area (Å²) in [7, 11) is -1.91. The molecule has 0 spiro atoms. The van der Waals surface area contributed by atoms with Crippen LogP contribution in [-0.4, -0.2) is 24.1 Å². The highest BCUT2D eigenvalue weighted by atomic mass is 32.3. The Kier molecular flexibility index (Phi) is 9.19. The number of benzene rings is 10. The second kappa shape index (κ2) is 16.0. The predicted octanol–water partition coefficient (Wildman–Crippen LogP) is 16.6. The van der Waals surface area contributed by atoms with Crippen molar-refractivity contribution in [2.75, 3.05) is 0 Å². The number of nitrogens with zero attached hydrogens (tertiary/aromatic N) is 5. The van der Waals surface area contributed by atoms with Gasteiger partial charge in [-0.05, 0) is 97.1 Å². The zero-order valence-corrected chi connectivity index (χ0v) is 38.5. The highest BCUT2D eigenvalue weighted by Gasteiger charge is 2.33. The average molecular weight is 916 g/mol. The van der Waals surface area contributed by atoms with Crippen molar-refractivity contribution in [1.82, 2.24) is 24.1 Å². The normalized spacial score (nSPS) is 12.2. The Balaban J connectivity index is 1.00. The third-order valence-corrected chi connectivity index (χ3v) is 17.6. The molecule has 0 atom stereocenters. The molecule has 0 amide bonds. The molecule has 14 rings (SSSR count). The number of aromatic nitrogens is 5. The van der Waals surface area contributed by atoms with Crippen molar-refractivity contribution in [2.45, 2.75) is 19.6 Å². The maximum atomic E-state index is 6.42. The molecule has 0 N–H and O–H groups in total. The Labute approximate surface area is 404 Å². The van der Waals surface area contributed by atoms with Gasteiger partial charge in [0.25, 0.3) is 0 Å². The molecule has 0 fully saturated rings. The lowest BCUT2D eigenvalue weighted by Crippen LogP contribution is -2.07. The summed E-state index contributed by atoms with van der Waals surface area (Å²) in [6.45, 7) is 0. The van der Waals surface area contributed by atoms with E-state index in [1.165, 1.54) is 41.4 Å². The van der Waals surface area contributed by atoms with Gasteiger partial charge >= 0.3 is 0 Å². The van der Waals surface area contributed by atoms with Crippen LogP contribution in [0.25, 0.3) is 100.0 Å². The minimum atomic E-state index is -1.91. The molecular formula is C63H41N5OS. The number of hydrogen-bond donors (Lipinski definition) is 0. The molecule has 10 aromatic carbocycles. The van der Waals surface area contributed by atoms with Crippen molar-refractivity contribution in [3.63, 3.8) is 0 Å². The average Bonchev–Trinajstić information content (AvgIpc) is 4.10. The van der Waals surface area contributed by atoms with E-state index in [0.29, 0.717) is 17.6 Å². The van der Waals surface area contributed by atoms with Gasteiger partial charge in [-0.15, -0.1) is 10.0 Å². The summed E-state index contributed by atoms with van der Waals surface area (Å²) in [5.74, 6) is 1.67. The van der Waals surface area contributed by atoms with Gasteiger partial charge in [0.05, 0.1) is 22.1 Å². The van der Waals surface area contributed by atoms with Crippen molar-refractivity contribution >= 4 is 75.6 Å². The highest BCUT2D eigenvalue weighted by Crippen LogP contribution is 2.73. The first-order valence-corrected chi connectivity index (χ1v) is 25.1. The summed E-state index contributed by atoms with van der Waals surface area (Å²) in [4.78, 5) is 21.3. The van der Waals surface area contributed by atoms with Crippen LogP contribution in [0.1, 0.15) is 0 Å². The molecule has 6 nitrogen and oxygen atoms in total. The molecule has 4 heterocycles. The van der Waals surface area contributed by atoms with Crippen LogP contribution in [0.4, 0.5) is 0 Å². The summed E-state index contributed by atoms with van der Waals surface area (Å²) < 4.78 is 11.0. The van der Waals surface area contributed by atoms with Gasteiger partial charge in [0, 0.05) is 68.7 Å². The van der Waals surface area contributed by atoms with Crippen LogP contribution >= 0.6 is 10.0 Å². The molecule has 0 saturated carbocycles. The molecule has 0 saturated heterocycles. The Morgan fingerprint density at radius 1 is 0.329 bits per heavy atom. The van der Waals surface area contributed by atoms with E-state index in [0.717, 1.165) is 60.6 Å². The zero-order valence-electron chi connectivity index (χ0n) is 37.7. The Morgan fingerprint density at radius 2 is 0.800 bits per heavy atom. The van der Waals surface area contributed by atoms with Gasteiger partial charge in [-0.1, -0.05) is 152 Å². The standard InChI is InChI=1S/C63H41N5OS/c1-4-19-44(20-5-1)70(45-21-6-2-7-22-45,46-23-8-3-9-24-46)47-38-35-42(36-39-47)61-64-62(52-29-18-34-59-60(52)51-28-13-17-33-58(51)69-59)66-63(65-61)68-56-32-16-12-27-50(56)53-41-43(37-40-57(53)68)67-54-30-14-10-25-48(54)49-26-11-15-31-55(49)67/h1-41H. The number of furan rings is 1. The first-order valence-electron chi connectivity index (χ1n) is 23.5. The van der Waals surface area contributed by atoms with Crippen LogP contribution in [-0.2, 0) is 0 Å². The van der Waals surface area contributed by atoms with Crippen LogP contribution in [0.5, 0.6) is 0 Å². The summed E-state index contributed by atoms with van der Waals surface area (Å²) in [5, 5.41) is 6.65. The Morgan fingerprint density at radius 3 is 1.41 bits per heavy atom. The van der Waals surface area contributed by atoms with E-state index in [9.17, 15) is 0 Å². The minimum Gasteiger partial charge on any atom is -0.456 e. The van der Waals surface area contributed by atoms with E-state index in [2.05, 4.69) is 228 Å². The van der Waals surface area contributed by atoms with Crippen molar-refractivity contribution in [3.8, 4) is 34.4 Å². The van der Waals surface area contributed by atoms with E-state index in [4.69, 9.17) is 19.4 Å². The van der Waals surface area contributed by atoms with Gasteiger partial charge in [0.15, 0.2) is 11.6 Å². The van der Waals surface area contributed by atoms with E-state index in [1.807, 2.05) is 30.3 Å². The molecule has 0 unspecified atom stereocenters. The monoisotopic (exact) mass is 915 g/mol. The fourth-order valence-electron chi connectivity index (χ4n) is 10.7. The lowest BCUT2D eigenvalue weighted by molar-refractivity contribution is 0.669. The van der Waals surface area contributed by atoms with Crippen LogP contribution in [0, 0.1) is 0 Å². The molecule has 0 radical (unpaired) electrons. The lowest BCUT2D eigenvalue weighted by atomic mass is 10.1. The third kappa shape index (κ3) is 6.12. The molecule has 4 aromatic heterocycles. The van der Waals surface area contributed by atoms with Gasteiger partial charge in [-0.25, -0.2) is 4.98 Å². The molecule has 0 aliphatic carbocycles. The molecule has 0 aliphatic heterocycles. The summed E-state index contributed by atoms with van der Waals surface area (Å²) in [5.41, 5.74) is 8.78. The smallest absolute Gasteiger partial charge is 0.238 e. The topological polar surface area (TPSA) is 61.7 Å². The van der Waals surface area contributed by atoms with Gasteiger partial charge in [0.1, 0.15) is 11.2 Å². The zero-order chi connectivity index (χ0) is 46.2. The van der Waals surface area contributed by atoms with Gasteiger partial charge in [-0.2, -0.15) is 9.97 Å². The third-order valence-electron chi connectivity index (χ3n) is 13.7. The van der Waals surface area contributed by atoms with Gasteiger partial charge in [-0.3, -0.25) is 4.57 Å². The van der Waals surface area contributed by atoms with E-state index < -0.39 is 10.0 Å². The van der Waals surface area contributed by atoms with Crippen LogP contribution in [0.2, 0.25) is 0 Å². The van der Waals surface area contributed by atoms with Crippen molar-refractivity contribution in [1.29, 1.82) is 0 Å². The first-order chi connectivity index (χ1) is 34.7. The molecule has 0 bridgehead atoms. The second-order valence-electron chi connectivity index (χ2n) is 17.6. The number of rotatable bonds is 8. The second-order valence-corrected chi connectivity index (χ2v) is 20.7. The number of fused-ring (bicyclic) bond motifs is 9. The molecule has 0 aliphatic rings. The largest absolute Gasteiger partial charge is 0.456 e. The SMILES string of the molecule is c1ccc(S(c2ccccc2)(c2ccccc2)c2ccc(-c3nc(-c4cccc5oc6ccccc6c45)nc(-n4c5ccccc5c5cc(-n6c7ccccc7c7ccccc76)ccc54)n3)cc2)cc1. The van der Waals surface area contributed by atoms with Crippen LogP contribution in [0.3, 0.4) is 0 Å². The molecule has 14 aromatic rings.